The van der Waals surface area contributed by atoms with Crippen LogP contribution in [0.3, 0.4) is 0 Å². The second kappa shape index (κ2) is 6.30. The number of nitrogens with two attached hydrogens (primary N) is 1. The normalized spacial score (nSPS) is 20.2. The molecule has 1 fully saturated rings. The largest absolute Gasteiger partial charge is 0.389 e. The molecule has 0 radical (unpaired) electrons. The molecule has 0 saturated carbocycles. The van der Waals surface area contributed by atoms with Crippen LogP contribution in [0.15, 0.2) is 18.2 Å². The first-order valence-corrected chi connectivity index (χ1v) is 7.03. The Kier molecular flexibility index (Phi) is 4.71. The lowest BCUT2D eigenvalue weighted by Gasteiger charge is -2.33. The first-order valence-electron chi connectivity index (χ1n) is 6.62. The lowest BCUT2D eigenvalue weighted by atomic mass is 10.0. The Morgan fingerprint density at radius 3 is 3.00 bits per heavy atom. The summed E-state index contributed by atoms with van der Waals surface area (Å²) >= 11 is 4.92. The molecule has 3 N–H and O–H groups in total. The average Bonchev–Trinajstić information content (AvgIpc) is 2.37. The number of piperidine rings is 1. The standard InChI is InChI=1S/C14H20FN3S/c1-18-8-3-2-5-10(18)9-17-12-7-4-6-11(15)13(12)14(16)19/h4,6-7,10,17H,2-3,5,8-9H2,1H3,(H2,16,19). The monoisotopic (exact) mass is 281 g/mol. The SMILES string of the molecule is CN1CCCCC1CNc1cccc(F)c1C(N)=S. The third kappa shape index (κ3) is 3.42. The molecule has 0 bridgehead atoms. The van der Waals surface area contributed by atoms with Crippen LogP contribution in [0.5, 0.6) is 0 Å². The first kappa shape index (κ1) is 14.2. The summed E-state index contributed by atoms with van der Waals surface area (Å²) in [5.74, 6) is -0.366. The summed E-state index contributed by atoms with van der Waals surface area (Å²) in [6, 6.07) is 5.35. The van der Waals surface area contributed by atoms with Crippen molar-refractivity contribution in [2.75, 3.05) is 25.5 Å². The number of benzene rings is 1. The zero-order valence-electron chi connectivity index (χ0n) is 11.2. The van der Waals surface area contributed by atoms with Gasteiger partial charge in [0.1, 0.15) is 10.8 Å². The molecule has 0 amide bonds. The van der Waals surface area contributed by atoms with Gasteiger partial charge >= 0.3 is 0 Å². The second-order valence-corrected chi connectivity index (χ2v) is 5.48. The zero-order valence-corrected chi connectivity index (χ0v) is 12.0. The minimum absolute atomic E-state index is 0.0950. The molecule has 1 saturated heterocycles. The summed E-state index contributed by atoms with van der Waals surface area (Å²) in [4.78, 5) is 2.44. The van der Waals surface area contributed by atoms with Crippen LogP contribution in [0.1, 0.15) is 24.8 Å². The van der Waals surface area contributed by atoms with Gasteiger partial charge in [-0.25, -0.2) is 4.39 Å². The summed E-state index contributed by atoms with van der Waals surface area (Å²) in [7, 11) is 2.13. The maximum absolute atomic E-state index is 13.7. The predicted molar refractivity (Wildman–Crippen MR) is 81.0 cm³/mol. The number of thiocarbonyl (C=S) groups is 1. The molecule has 1 aliphatic rings. The second-order valence-electron chi connectivity index (χ2n) is 5.04. The molecular formula is C14H20FN3S. The van der Waals surface area contributed by atoms with Gasteiger partial charge in [-0.3, -0.25) is 0 Å². The van der Waals surface area contributed by atoms with E-state index in [4.69, 9.17) is 18.0 Å². The molecule has 0 aliphatic carbocycles. The van der Waals surface area contributed by atoms with Gasteiger partial charge in [-0.1, -0.05) is 24.7 Å². The van der Waals surface area contributed by atoms with E-state index < -0.39 is 0 Å². The molecule has 1 aromatic rings. The lowest BCUT2D eigenvalue weighted by molar-refractivity contribution is 0.194. The fourth-order valence-electron chi connectivity index (χ4n) is 2.55. The topological polar surface area (TPSA) is 41.3 Å². The average molecular weight is 281 g/mol. The van der Waals surface area contributed by atoms with Crippen molar-refractivity contribution in [1.82, 2.24) is 4.90 Å². The Bertz CT molecular complexity index is 464. The van der Waals surface area contributed by atoms with E-state index in [-0.39, 0.29) is 10.8 Å². The number of likely N-dealkylation sites (N-methyl/N-ethyl adjacent to an activating group) is 1. The summed E-state index contributed by atoms with van der Waals surface area (Å²) in [6.45, 7) is 1.91. The van der Waals surface area contributed by atoms with Gasteiger partial charge in [-0.15, -0.1) is 0 Å². The summed E-state index contributed by atoms with van der Waals surface area (Å²) < 4.78 is 13.7. The van der Waals surface area contributed by atoms with Crippen LogP contribution >= 0.6 is 12.2 Å². The first-order chi connectivity index (χ1) is 9.09. The van der Waals surface area contributed by atoms with E-state index in [9.17, 15) is 4.39 Å². The van der Waals surface area contributed by atoms with Gasteiger partial charge in [0.05, 0.1) is 5.56 Å². The third-order valence-corrected chi connectivity index (χ3v) is 3.91. The quantitative estimate of drug-likeness (QED) is 0.831. The van der Waals surface area contributed by atoms with Crippen molar-refractivity contribution >= 4 is 22.9 Å². The van der Waals surface area contributed by atoms with Gasteiger partial charge in [0, 0.05) is 18.3 Å². The summed E-state index contributed by atoms with van der Waals surface area (Å²) in [5.41, 5.74) is 6.59. The maximum atomic E-state index is 13.7. The van der Waals surface area contributed by atoms with Gasteiger partial charge in [0.25, 0.3) is 0 Å². The van der Waals surface area contributed by atoms with Crippen molar-refractivity contribution in [2.24, 2.45) is 5.73 Å². The number of likely N-dealkylation sites (tertiary alicyclic amines) is 1. The molecule has 1 aliphatic heterocycles. The molecule has 2 rings (SSSR count). The van der Waals surface area contributed by atoms with E-state index in [0.29, 0.717) is 17.3 Å². The predicted octanol–water partition coefficient (Wildman–Crippen LogP) is 2.36. The van der Waals surface area contributed by atoms with Crippen LogP contribution < -0.4 is 11.1 Å². The fraction of sp³-hybridized carbons (Fsp3) is 0.500. The Hall–Kier alpha value is -1.20. The van der Waals surface area contributed by atoms with Crippen molar-refractivity contribution in [3.05, 3.63) is 29.6 Å². The number of anilines is 1. The van der Waals surface area contributed by atoms with E-state index in [1.165, 1.54) is 25.3 Å². The fourth-order valence-corrected chi connectivity index (χ4v) is 2.76. The van der Waals surface area contributed by atoms with Crippen molar-refractivity contribution in [2.45, 2.75) is 25.3 Å². The van der Waals surface area contributed by atoms with Gasteiger partial charge in [0.15, 0.2) is 0 Å². The highest BCUT2D eigenvalue weighted by Gasteiger charge is 2.19. The molecular weight excluding hydrogens is 261 g/mol. The van der Waals surface area contributed by atoms with Gasteiger partial charge in [-0.05, 0) is 38.6 Å². The Balaban J connectivity index is 2.07. The molecule has 5 heteroatoms. The number of nitrogens with one attached hydrogen (secondary N) is 1. The van der Waals surface area contributed by atoms with E-state index in [1.807, 2.05) is 6.07 Å². The molecule has 0 aromatic heterocycles. The van der Waals surface area contributed by atoms with Gasteiger partial charge in [0.2, 0.25) is 0 Å². The smallest absolute Gasteiger partial charge is 0.135 e. The van der Waals surface area contributed by atoms with E-state index in [2.05, 4.69) is 17.3 Å². The van der Waals surface area contributed by atoms with Crippen LogP contribution in [-0.4, -0.2) is 36.1 Å². The minimum atomic E-state index is -0.366. The van der Waals surface area contributed by atoms with Crippen molar-refractivity contribution in [3.8, 4) is 0 Å². The molecule has 19 heavy (non-hydrogen) atoms. The van der Waals surface area contributed by atoms with Gasteiger partial charge < -0.3 is 16.0 Å². The van der Waals surface area contributed by atoms with Crippen LogP contribution in [0.4, 0.5) is 10.1 Å². The highest BCUT2D eigenvalue weighted by atomic mass is 32.1. The lowest BCUT2D eigenvalue weighted by Crippen LogP contribution is -2.41. The molecule has 1 unspecified atom stereocenters. The van der Waals surface area contributed by atoms with Crippen LogP contribution in [0.25, 0.3) is 0 Å². The maximum Gasteiger partial charge on any atom is 0.135 e. The van der Waals surface area contributed by atoms with E-state index in [0.717, 1.165) is 13.1 Å². The summed E-state index contributed by atoms with van der Waals surface area (Å²) in [6.07, 6.45) is 3.67. The van der Waals surface area contributed by atoms with E-state index >= 15 is 0 Å². The molecule has 0 spiro atoms. The Morgan fingerprint density at radius 1 is 1.53 bits per heavy atom. The van der Waals surface area contributed by atoms with Crippen molar-refractivity contribution in [3.63, 3.8) is 0 Å². The summed E-state index contributed by atoms with van der Waals surface area (Å²) in [5, 5.41) is 3.29. The Labute approximate surface area is 119 Å². The number of halogens is 1. The number of rotatable bonds is 4. The van der Waals surface area contributed by atoms with Crippen LogP contribution in [-0.2, 0) is 0 Å². The third-order valence-electron chi connectivity index (χ3n) is 3.71. The molecule has 3 nitrogen and oxygen atoms in total. The van der Waals surface area contributed by atoms with Crippen molar-refractivity contribution < 1.29 is 4.39 Å². The van der Waals surface area contributed by atoms with Crippen LogP contribution in [0.2, 0.25) is 0 Å². The van der Waals surface area contributed by atoms with Crippen LogP contribution in [0, 0.1) is 5.82 Å². The van der Waals surface area contributed by atoms with Gasteiger partial charge in [-0.2, -0.15) is 0 Å². The highest BCUT2D eigenvalue weighted by Crippen LogP contribution is 2.21. The van der Waals surface area contributed by atoms with E-state index in [1.54, 1.807) is 6.07 Å². The number of hydrogen-bond donors (Lipinski definition) is 2. The Morgan fingerprint density at radius 2 is 2.32 bits per heavy atom. The minimum Gasteiger partial charge on any atom is -0.389 e. The molecule has 1 aromatic carbocycles. The molecule has 1 heterocycles. The highest BCUT2D eigenvalue weighted by molar-refractivity contribution is 7.80. The number of nitrogens with zero attached hydrogens (tertiary/aromatic N) is 1. The molecule has 104 valence electrons. The zero-order chi connectivity index (χ0) is 13.8. The van der Waals surface area contributed by atoms with Crippen molar-refractivity contribution in [1.29, 1.82) is 0 Å². The molecule has 1 atom stereocenters. The number of hydrogen-bond acceptors (Lipinski definition) is 3.